The Morgan fingerprint density at radius 2 is 1.24 bits per heavy atom. The Labute approximate surface area is 125 Å². The first kappa shape index (κ1) is 15.4. The summed E-state index contributed by atoms with van der Waals surface area (Å²) in [7, 11) is 0. The highest BCUT2D eigenvalue weighted by molar-refractivity contribution is 5.27. The Hall–Kier alpha value is -2.04. The molecule has 2 aromatic rings. The van der Waals surface area contributed by atoms with Crippen LogP contribution in [0, 0.1) is 0 Å². The summed E-state index contributed by atoms with van der Waals surface area (Å²) in [5.41, 5.74) is 7.52. The van der Waals surface area contributed by atoms with Crippen LogP contribution in [0.5, 0.6) is 11.5 Å². The van der Waals surface area contributed by atoms with Crippen LogP contribution in [0.1, 0.15) is 17.5 Å². The minimum absolute atomic E-state index is 0.0526. The molecule has 0 radical (unpaired) electrons. The molecule has 4 heteroatoms. The van der Waals surface area contributed by atoms with Crippen molar-refractivity contribution < 1.29 is 14.6 Å². The Bertz CT molecular complexity index is 473. The molecule has 0 atom stereocenters. The summed E-state index contributed by atoms with van der Waals surface area (Å²) in [5, 5.41) is 8.95. The molecule has 2 aromatic carbocycles. The van der Waals surface area contributed by atoms with Crippen molar-refractivity contribution in [1.29, 1.82) is 0 Å². The highest BCUT2D eigenvalue weighted by Gasteiger charge is 1.97. The molecule has 4 nitrogen and oxygen atoms in total. The molecule has 0 aliphatic rings. The van der Waals surface area contributed by atoms with Gasteiger partial charge in [-0.3, -0.25) is 0 Å². The smallest absolute Gasteiger partial charge is 0.119 e. The van der Waals surface area contributed by atoms with Crippen LogP contribution in [0.25, 0.3) is 0 Å². The Morgan fingerprint density at radius 3 is 1.67 bits per heavy atom. The number of aliphatic hydroxyl groups is 1. The molecule has 0 aromatic heterocycles. The van der Waals surface area contributed by atoms with Crippen molar-refractivity contribution >= 4 is 0 Å². The standard InChI is InChI=1S/C17H21NO3/c18-12-14-2-6-16(7-3-14)20-10-1-11-21-17-8-4-15(13-19)5-9-17/h2-9,19H,1,10-13,18H2. The van der Waals surface area contributed by atoms with Crippen LogP contribution in [-0.2, 0) is 13.2 Å². The van der Waals surface area contributed by atoms with Crippen LogP contribution in [0.15, 0.2) is 48.5 Å². The van der Waals surface area contributed by atoms with Gasteiger partial charge in [0, 0.05) is 13.0 Å². The average Bonchev–Trinajstić information content (AvgIpc) is 2.55. The predicted molar refractivity (Wildman–Crippen MR) is 82.3 cm³/mol. The van der Waals surface area contributed by atoms with E-state index in [4.69, 9.17) is 20.3 Å². The summed E-state index contributed by atoms with van der Waals surface area (Å²) < 4.78 is 11.2. The Morgan fingerprint density at radius 1 is 0.762 bits per heavy atom. The maximum atomic E-state index is 8.95. The van der Waals surface area contributed by atoms with E-state index >= 15 is 0 Å². The van der Waals surface area contributed by atoms with Crippen molar-refractivity contribution in [3.05, 3.63) is 59.7 Å². The first-order chi connectivity index (χ1) is 10.3. The lowest BCUT2D eigenvalue weighted by atomic mass is 10.2. The Balaban J connectivity index is 1.64. The molecular formula is C17H21NO3. The fourth-order valence-electron chi connectivity index (χ4n) is 1.85. The van der Waals surface area contributed by atoms with Gasteiger partial charge >= 0.3 is 0 Å². The summed E-state index contributed by atoms with van der Waals surface area (Å²) >= 11 is 0. The van der Waals surface area contributed by atoms with Crippen molar-refractivity contribution in [2.75, 3.05) is 13.2 Å². The second kappa shape index (κ2) is 8.29. The fraction of sp³-hybridized carbons (Fsp3) is 0.294. The molecule has 0 aliphatic heterocycles. The van der Waals surface area contributed by atoms with Crippen molar-refractivity contribution in [3.8, 4) is 11.5 Å². The lowest BCUT2D eigenvalue weighted by Crippen LogP contribution is -2.05. The monoisotopic (exact) mass is 287 g/mol. The Kier molecular flexibility index (Phi) is 6.06. The highest BCUT2D eigenvalue weighted by Crippen LogP contribution is 2.14. The molecular weight excluding hydrogens is 266 g/mol. The van der Waals surface area contributed by atoms with Crippen molar-refractivity contribution in [1.82, 2.24) is 0 Å². The number of benzene rings is 2. The number of ether oxygens (including phenoxy) is 2. The van der Waals surface area contributed by atoms with E-state index in [1.54, 1.807) is 0 Å². The van der Waals surface area contributed by atoms with E-state index in [0.29, 0.717) is 19.8 Å². The molecule has 0 saturated carbocycles. The van der Waals surface area contributed by atoms with Gasteiger partial charge in [0.15, 0.2) is 0 Å². The lowest BCUT2D eigenvalue weighted by molar-refractivity contribution is 0.247. The lowest BCUT2D eigenvalue weighted by Gasteiger charge is -2.08. The largest absolute Gasteiger partial charge is 0.493 e. The van der Waals surface area contributed by atoms with E-state index in [9.17, 15) is 0 Å². The van der Waals surface area contributed by atoms with Crippen LogP contribution in [0.2, 0.25) is 0 Å². The molecule has 0 spiro atoms. The number of hydrogen-bond donors (Lipinski definition) is 2. The molecule has 0 bridgehead atoms. The first-order valence-corrected chi connectivity index (χ1v) is 7.06. The molecule has 0 fully saturated rings. The summed E-state index contributed by atoms with van der Waals surface area (Å²) in [6, 6.07) is 15.2. The minimum atomic E-state index is 0.0526. The molecule has 3 N–H and O–H groups in total. The van der Waals surface area contributed by atoms with E-state index in [1.165, 1.54) is 0 Å². The SMILES string of the molecule is NCc1ccc(OCCCOc2ccc(CO)cc2)cc1. The fourth-order valence-corrected chi connectivity index (χ4v) is 1.85. The van der Waals surface area contributed by atoms with Gasteiger partial charge in [-0.25, -0.2) is 0 Å². The normalized spacial score (nSPS) is 10.4. The number of rotatable bonds is 8. The van der Waals surface area contributed by atoms with Crippen molar-refractivity contribution in [3.63, 3.8) is 0 Å². The maximum absolute atomic E-state index is 8.95. The van der Waals surface area contributed by atoms with E-state index in [-0.39, 0.29) is 6.61 Å². The molecule has 0 amide bonds. The van der Waals surface area contributed by atoms with E-state index in [2.05, 4.69) is 0 Å². The third-order valence-corrected chi connectivity index (χ3v) is 3.09. The molecule has 2 rings (SSSR count). The first-order valence-electron chi connectivity index (χ1n) is 7.06. The molecule has 0 unspecified atom stereocenters. The second-order valence-corrected chi connectivity index (χ2v) is 4.70. The summed E-state index contributed by atoms with van der Waals surface area (Å²) in [4.78, 5) is 0. The average molecular weight is 287 g/mol. The van der Waals surface area contributed by atoms with Crippen molar-refractivity contribution in [2.24, 2.45) is 5.73 Å². The second-order valence-electron chi connectivity index (χ2n) is 4.70. The van der Waals surface area contributed by atoms with E-state index in [1.807, 2.05) is 48.5 Å². The van der Waals surface area contributed by atoms with Crippen molar-refractivity contribution in [2.45, 2.75) is 19.6 Å². The van der Waals surface area contributed by atoms with Crippen LogP contribution >= 0.6 is 0 Å². The number of nitrogens with two attached hydrogens (primary N) is 1. The van der Waals surface area contributed by atoms with Crippen LogP contribution in [-0.4, -0.2) is 18.3 Å². The predicted octanol–water partition coefficient (Wildman–Crippen LogP) is 2.49. The van der Waals surface area contributed by atoms with E-state index in [0.717, 1.165) is 29.0 Å². The molecule has 0 aliphatic carbocycles. The zero-order chi connectivity index (χ0) is 14.9. The molecule has 0 heterocycles. The topological polar surface area (TPSA) is 64.7 Å². The van der Waals surface area contributed by atoms with Gasteiger partial charge in [0.05, 0.1) is 19.8 Å². The zero-order valence-electron chi connectivity index (χ0n) is 12.0. The van der Waals surface area contributed by atoms with Gasteiger partial charge in [-0.2, -0.15) is 0 Å². The minimum Gasteiger partial charge on any atom is -0.493 e. The molecule has 112 valence electrons. The van der Waals surface area contributed by atoms with Crippen LogP contribution in [0.3, 0.4) is 0 Å². The third-order valence-electron chi connectivity index (χ3n) is 3.09. The highest BCUT2D eigenvalue weighted by atomic mass is 16.5. The number of aliphatic hydroxyl groups excluding tert-OH is 1. The quantitative estimate of drug-likeness (QED) is 0.732. The summed E-state index contributed by atoms with van der Waals surface area (Å²) in [6.45, 7) is 1.80. The zero-order valence-corrected chi connectivity index (χ0v) is 12.0. The van der Waals surface area contributed by atoms with Gasteiger partial charge in [0.1, 0.15) is 11.5 Å². The van der Waals surface area contributed by atoms with Gasteiger partial charge in [0.2, 0.25) is 0 Å². The van der Waals surface area contributed by atoms with Gasteiger partial charge < -0.3 is 20.3 Å². The third kappa shape index (κ3) is 5.10. The van der Waals surface area contributed by atoms with E-state index < -0.39 is 0 Å². The van der Waals surface area contributed by atoms with Gasteiger partial charge in [-0.05, 0) is 35.4 Å². The van der Waals surface area contributed by atoms with Gasteiger partial charge in [-0.1, -0.05) is 24.3 Å². The molecule has 21 heavy (non-hydrogen) atoms. The van der Waals surface area contributed by atoms with Gasteiger partial charge in [0.25, 0.3) is 0 Å². The summed E-state index contributed by atoms with van der Waals surface area (Å²) in [6.07, 6.45) is 0.806. The summed E-state index contributed by atoms with van der Waals surface area (Å²) in [5.74, 6) is 1.65. The number of hydrogen-bond acceptors (Lipinski definition) is 4. The van der Waals surface area contributed by atoms with Gasteiger partial charge in [-0.15, -0.1) is 0 Å². The van der Waals surface area contributed by atoms with Crippen LogP contribution < -0.4 is 15.2 Å². The maximum Gasteiger partial charge on any atom is 0.119 e. The van der Waals surface area contributed by atoms with Crippen LogP contribution in [0.4, 0.5) is 0 Å². The molecule has 0 saturated heterocycles.